The number of H-pyrrole nitrogens is 2. The summed E-state index contributed by atoms with van der Waals surface area (Å²) in [5, 5.41) is 40.6. The zero-order chi connectivity index (χ0) is 48.7. The van der Waals surface area contributed by atoms with Crippen molar-refractivity contribution in [3.63, 3.8) is 0 Å². The van der Waals surface area contributed by atoms with Gasteiger partial charge in [-0.2, -0.15) is 20.4 Å². The molecule has 2 saturated carbocycles. The summed E-state index contributed by atoms with van der Waals surface area (Å²) in [6.45, 7) is 5.57. The van der Waals surface area contributed by atoms with E-state index in [4.69, 9.17) is 24.7 Å². The first-order chi connectivity index (χ1) is 34.3. The number of aromatic nitrogens is 12. The van der Waals surface area contributed by atoms with Gasteiger partial charge in [0, 0.05) is 60.5 Å². The van der Waals surface area contributed by atoms with Gasteiger partial charge in [-0.25, -0.2) is 9.97 Å². The van der Waals surface area contributed by atoms with Gasteiger partial charge in [0.05, 0.1) is 65.6 Å². The maximum absolute atomic E-state index is 13.0. The number of carbonyl (C=O) groups excluding carboxylic acids is 2. The molecule has 2 aliphatic rings. The van der Waals surface area contributed by atoms with Gasteiger partial charge in [0.2, 0.25) is 0 Å². The Hall–Kier alpha value is -6.44. The van der Waals surface area contributed by atoms with Crippen LogP contribution in [0.2, 0.25) is 0 Å². The van der Waals surface area contributed by atoms with Crippen LogP contribution in [0.4, 0.5) is 11.4 Å². The first-order valence-electron chi connectivity index (χ1n) is 22.8. The van der Waals surface area contributed by atoms with Crippen molar-refractivity contribution in [1.82, 2.24) is 59.9 Å². The number of hydrogen-bond donors (Lipinski definition) is 5. The van der Waals surface area contributed by atoms with Crippen LogP contribution in [0.3, 0.4) is 0 Å². The van der Waals surface area contributed by atoms with E-state index in [0.717, 1.165) is 80.8 Å². The molecule has 0 aromatic carbocycles. The van der Waals surface area contributed by atoms with Crippen LogP contribution < -0.4 is 15.3 Å². The molecule has 10 rings (SSSR count). The number of halogens is 1. The molecule has 20 nitrogen and oxygen atoms in total. The Kier molecular flexibility index (Phi) is 19.3. The molecule has 0 saturated heterocycles. The largest absolute Gasteiger partial charge is 0.569 e. The fraction of sp³-hybridized carbons (Fsp3) is 0.362. The summed E-state index contributed by atoms with van der Waals surface area (Å²) < 4.78 is 20.7. The quantitative estimate of drug-likeness (QED) is 0.0600. The second kappa shape index (κ2) is 26.1. The van der Waals surface area contributed by atoms with Crippen LogP contribution in [0.5, 0.6) is 5.75 Å². The number of carbonyl (C=O) groups is 2. The van der Waals surface area contributed by atoms with E-state index < -0.39 is 0 Å². The number of aromatic amines is 2. The van der Waals surface area contributed by atoms with Gasteiger partial charge >= 0.3 is 7.69 Å². The van der Waals surface area contributed by atoms with Gasteiger partial charge in [-0.15, -0.1) is 22.7 Å². The lowest BCUT2D eigenvalue weighted by Gasteiger charge is -2.28. The summed E-state index contributed by atoms with van der Waals surface area (Å²) in [5.41, 5.74) is 5.61. The molecule has 8 aromatic rings. The SMILES string of the molecule is C.CCOC1CCC(n2cc(NC(=O)c3csc(-c4cn[nH]c4)n3)c(-c3ccccn3)n2)CC1.CCOC1CCC(n2cc(NC(=O)c3csc(Br)n3)c(-c3ccccn3)n2)CC1.O[B]Oc1cn[nH]c1. The Bertz CT molecular complexity index is 2830. The predicted octanol–water partition coefficient (Wildman–Crippen LogP) is 9.45. The van der Waals surface area contributed by atoms with Gasteiger partial charge in [-0.05, 0) is 105 Å². The van der Waals surface area contributed by atoms with Crippen LogP contribution in [-0.2, 0) is 9.47 Å². The second-order valence-electron chi connectivity index (χ2n) is 16.0. The van der Waals surface area contributed by atoms with Crippen molar-refractivity contribution in [2.24, 2.45) is 0 Å². The molecule has 1 radical (unpaired) electrons. The highest BCUT2D eigenvalue weighted by Crippen LogP contribution is 2.36. The van der Waals surface area contributed by atoms with Crippen LogP contribution in [-0.4, -0.2) is 110 Å². The number of anilines is 2. The van der Waals surface area contributed by atoms with Crippen molar-refractivity contribution >= 4 is 69.5 Å². The van der Waals surface area contributed by atoms with Crippen molar-refractivity contribution < 1.29 is 28.7 Å². The van der Waals surface area contributed by atoms with Crippen molar-refractivity contribution in [3.05, 3.63) is 112 Å². The van der Waals surface area contributed by atoms with Gasteiger partial charge in [-0.3, -0.25) is 39.1 Å². The summed E-state index contributed by atoms with van der Waals surface area (Å²) in [4.78, 5) is 43.2. The number of thiazole rings is 2. The van der Waals surface area contributed by atoms with Gasteiger partial charge in [0.1, 0.15) is 33.5 Å². The molecule has 24 heteroatoms. The fourth-order valence-corrected chi connectivity index (χ4v) is 9.89. The van der Waals surface area contributed by atoms with Gasteiger partial charge in [0.15, 0.2) is 3.92 Å². The minimum Gasteiger partial charge on any atom is -0.535 e. The number of ether oxygens (including phenoxy) is 2. The molecule has 0 bridgehead atoms. The lowest BCUT2D eigenvalue weighted by Crippen LogP contribution is -2.24. The molecule has 71 heavy (non-hydrogen) atoms. The summed E-state index contributed by atoms with van der Waals surface area (Å²) in [6, 6.07) is 11.9. The molecular formula is C47H55BBrN14O6S2. The highest BCUT2D eigenvalue weighted by atomic mass is 79.9. The smallest absolute Gasteiger partial charge is 0.535 e. The zero-order valence-electron chi connectivity index (χ0n) is 38.4. The predicted molar refractivity (Wildman–Crippen MR) is 276 cm³/mol. The molecule has 8 aromatic heterocycles. The average Bonchev–Trinajstić information content (AvgIpc) is 4.26. The minimum atomic E-state index is -0.280. The normalized spacial score (nSPS) is 17.4. The maximum atomic E-state index is 13.0. The second-order valence-corrected chi connectivity index (χ2v) is 19.0. The summed E-state index contributed by atoms with van der Waals surface area (Å²) in [5.74, 6) is -0.0472. The van der Waals surface area contributed by atoms with Gasteiger partial charge in [0.25, 0.3) is 11.8 Å². The van der Waals surface area contributed by atoms with Crippen molar-refractivity contribution in [1.29, 1.82) is 0 Å². The number of hydrogen-bond acceptors (Lipinski definition) is 16. The van der Waals surface area contributed by atoms with Crippen LogP contribution in [0.25, 0.3) is 33.3 Å². The van der Waals surface area contributed by atoms with E-state index in [2.05, 4.69) is 71.5 Å². The van der Waals surface area contributed by atoms with E-state index in [0.29, 0.717) is 69.4 Å². The molecule has 2 fully saturated rings. The summed E-state index contributed by atoms with van der Waals surface area (Å²) in [7, 11) is 0.602. The lowest BCUT2D eigenvalue weighted by atomic mass is 9.93. The third kappa shape index (κ3) is 14.1. The van der Waals surface area contributed by atoms with Crippen LogP contribution in [0, 0.1) is 0 Å². The number of rotatable bonds is 15. The minimum absolute atomic E-state index is 0. The van der Waals surface area contributed by atoms with E-state index >= 15 is 0 Å². The molecule has 371 valence electrons. The standard InChI is InChI=1S/C23H25N7O2S.C20H22BrN5O2S.C3H4BN2O2.CH4/c1-2-32-17-8-6-16(7-9-17)30-13-19(21(29-30)18-5-3-4-10-24-18)27-22(31)20-14-33-23(28-20)15-11-25-26-12-15;1-2-28-14-8-6-13(7-9-14)26-11-16(18(25-26)15-5-3-4-10-22-15)23-19(27)17-12-29-20(21)24-17;7-4-8-3-1-5-6-2-3;/h3-5,10-14,16-17H,2,6-9H2,1H3,(H,25,26)(H,27,31);3-5,10-14H,2,6-9H2,1H3,(H,23,27);1-2,7H,(H,5,6);1H4. The van der Waals surface area contributed by atoms with Crippen molar-refractivity contribution in [3.8, 4) is 39.1 Å². The van der Waals surface area contributed by atoms with E-state index in [1.54, 1.807) is 35.5 Å². The van der Waals surface area contributed by atoms with Crippen LogP contribution in [0.1, 0.15) is 106 Å². The number of pyridine rings is 2. The highest BCUT2D eigenvalue weighted by molar-refractivity contribution is 9.11. The van der Waals surface area contributed by atoms with Gasteiger partial charge < -0.3 is 29.8 Å². The van der Waals surface area contributed by atoms with Gasteiger partial charge in [-0.1, -0.05) is 19.6 Å². The molecule has 0 unspecified atom stereocenters. The van der Waals surface area contributed by atoms with Crippen molar-refractivity contribution in [2.45, 2.75) is 96.9 Å². The topological polar surface area (TPSA) is 251 Å². The molecule has 0 spiro atoms. The fourth-order valence-electron chi connectivity index (χ4n) is 8.12. The van der Waals surface area contributed by atoms with E-state index in [-0.39, 0.29) is 31.3 Å². The molecule has 0 aliphatic heterocycles. The van der Waals surface area contributed by atoms with Crippen LogP contribution in [0.15, 0.2) is 101 Å². The summed E-state index contributed by atoms with van der Waals surface area (Å²) >= 11 is 6.08. The van der Waals surface area contributed by atoms with E-state index in [9.17, 15) is 9.59 Å². The third-order valence-electron chi connectivity index (χ3n) is 11.5. The number of nitrogens with one attached hydrogen (secondary N) is 4. The summed E-state index contributed by atoms with van der Waals surface area (Å²) in [6.07, 6.45) is 22.4. The van der Waals surface area contributed by atoms with E-state index in [1.165, 1.54) is 35.1 Å². The Labute approximate surface area is 427 Å². The Morgan fingerprint density at radius 1 is 0.746 bits per heavy atom. The number of nitrogens with zero attached hydrogens (tertiary/aromatic N) is 10. The molecule has 0 atom stereocenters. The zero-order valence-corrected chi connectivity index (χ0v) is 41.6. The Morgan fingerprint density at radius 3 is 1.70 bits per heavy atom. The van der Waals surface area contributed by atoms with Crippen LogP contribution >= 0.6 is 38.6 Å². The average molecular weight is 1070 g/mol. The first kappa shape index (κ1) is 52.4. The van der Waals surface area contributed by atoms with E-state index in [1.807, 2.05) is 72.0 Å². The Balaban J connectivity index is 0.000000179. The number of amides is 2. The van der Waals surface area contributed by atoms with Crippen molar-refractivity contribution in [2.75, 3.05) is 23.8 Å². The maximum Gasteiger partial charge on any atom is 0.569 e. The molecule has 5 N–H and O–H groups in total. The Morgan fingerprint density at radius 2 is 1.27 bits per heavy atom. The highest BCUT2D eigenvalue weighted by Gasteiger charge is 2.28. The lowest BCUT2D eigenvalue weighted by molar-refractivity contribution is 0.0258. The molecule has 2 amide bonds. The molecular weight excluding hydrogens is 1010 g/mol. The third-order valence-corrected chi connectivity index (χ3v) is 13.7. The first-order valence-corrected chi connectivity index (χ1v) is 25.4. The molecule has 2 aliphatic carbocycles. The monoisotopic (exact) mass is 1070 g/mol. The molecule has 8 heterocycles.